The highest BCUT2D eigenvalue weighted by molar-refractivity contribution is 6.32. The highest BCUT2D eigenvalue weighted by Crippen LogP contribution is 2.39. The minimum absolute atomic E-state index is 0.657. The molecule has 0 unspecified atom stereocenters. The monoisotopic (exact) mass is 338 g/mol. The Kier molecular flexibility index (Phi) is 4.35. The number of rotatable bonds is 2. The summed E-state index contributed by atoms with van der Waals surface area (Å²) in [6.45, 7) is 16.1. The van der Waals surface area contributed by atoms with Gasteiger partial charge in [0.2, 0.25) is 6.67 Å². The van der Waals surface area contributed by atoms with Crippen LogP contribution in [0.25, 0.3) is 0 Å². The Morgan fingerprint density at radius 3 is 1.58 bits per heavy atom. The van der Waals surface area contributed by atoms with Crippen LogP contribution >= 0.6 is 11.6 Å². The van der Waals surface area contributed by atoms with Gasteiger partial charge in [-0.15, -0.1) is 0 Å². The summed E-state index contributed by atoms with van der Waals surface area (Å²) in [7, 11) is 0. The molecule has 0 aromatic heterocycles. The largest absolute Gasteiger partial charge is 0.313 e. The Morgan fingerprint density at radius 1 is 0.708 bits per heavy atom. The van der Waals surface area contributed by atoms with E-state index in [9.17, 15) is 0 Å². The fourth-order valence-corrected chi connectivity index (χ4v) is 3.92. The van der Waals surface area contributed by atoms with Gasteiger partial charge in [-0.2, -0.15) is 0 Å². The molecule has 0 bridgehead atoms. The number of hydrogen-bond acceptors (Lipinski definition) is 2. The Labute approximate surface area is 150 Å². The van der Waals surface area contributed by atoms with Gasteiger partial charge in [-0.1, -0.05) is 47.0 Å². The molecule has 0 fully saturated rings. The molecule has 1 heterocycles. The van der Waals surface area contributed by atoms with Gasteiger partial charge in [-0.3, -0.25) is 4.90 Å². The van der Waals surface area contributed by atoms with Crippen LogP contribution in [0.1, 0.15) is 33.4 Å². The van der Waals surface area contributed by atoms with Crippen molar-refractivity contribution < 1.29 is 0 Å². The van der Waals surface area contributed by atoms with Crippen LogP contribution < -0.4 is 9.80 Å². The zero-order valence-corrected chi connectivity index (χ0v) is 15.9. The molecule has 0 spiro atoms. The van der Waals surface area contributed by atoms with Crippen molar-refractivity contribution >= 4 is 23.0 Å². The summed E-state index contributed by atoms with van der Waals surface area (Å²) in [5, 5.41) is 0.657. The lowest BCUT2D eigenvalue weighted by molar-refractivity contribution is 1.07. The quantitative estimate of drug-likeness (QED) is 0.629. The second-order valence-corrected chi connectivity index (χ2v) is 7.14. The number of halogens is 1. The Bertz CT molecular complexity index is 790. The summed E-state index contributed by atoms with van der Waals surface area (Å²) < 4.78 is 0. The van der Waals surface area contributed by atoms with Gasteiger partial charge < -0.3 is 4.90 Å². The summed E-state index contributed by atoms with van der Waals surface area (Å²) in [6.07, 6.45) is 1.94. The average molecular weight is 339 g/mol. The van der Waals surface area contributed by atoms with Gasteiger partial charge in [-0.05, 0) is 63.8 Å². The molecule has 0 saturated heterocycles. The predicted molar refractivity (Wildman–Crippen MR) is 103 cm³/mol. The van der Waals surface area contributed by atoms with E-state index in [2.05, 4.69) is 72.5 Å². The lowest BCUT2D eigenvalue weighted by atomic mass is 10.0. The first-order chi connectivity index (χ1) is 11.3. The van der Waals surface area contributed by atoms with Gasteiger partial charge >= 0.3 is 0 Å². The normalized spacial score (nSPS) is 14.4. The topological polar surface area (TPSA) is 6.48 Å². The fourth-order valence-electron chi connectivity index (χ4n) is 3.70. The first-order valence-electron chi connectivity index (χ1n) is 8.16. The maximum atomic E-state index is 6.56. The second kappa shape index (κ2) is 6.18. The fraction of sp³-hybridized carbons (Fsp3) is 0.286. The van der Waals surface area contributed by atoms with Crippen LogP contribution in [0, 0.1) is 48.2 Å². The molecule has 1 aliphatic rings. The van der Waals surface area contributed by atoms with Crippen molar-refractivity contribution in [2.45, 2.75) is 41.5 Å². The Balaban J connectivity index is 2.00. The highest BCUT2D eigenvalue weighted by atomic mass is 35.5. The van der Waals surface area contributed by atoms with Gasteiger partial charge in [0.1, 0.15) is 5.16 Å². The number of hydrogen-bond donors (Lipinski definition) is 0. The molecular weight excluding hydrogens is 316 g/mol. The maximum Gasteiger partial charge on any atom is 0.219 e. The van der Waals surface area contributed by atoms with E-state index >= 15 is 0 Å². The lowest BCUT2D eigenvalue weighted by Crippen LogP contribution is -2.22. The van der Waals surface area contributed by atoms with Crippen LogP contribution in [0.4, 0.5) is 11.4 Å². The lowest BCUT2D eigenvalue weighted by Gasteiger charge is -2.25. The average Bonchev–Trinajstić information content (AvgIpc) is 2.78. The Hall–Kier alpha value is -1.93. The maximum absolute atomic E-state index is 6.56. The van der Waals surface area contributed by atoms with Crippen molar-refractivity contribution in [1.29, 1.82) is 0 Å². The summed E-state index contributed by atoms with van der Waals surface area (Å²) in [5.74, 6) is 0. The highest BCUT2D eigenvalue weighted by Gasteiger charge is 2.28. The third-order valence-electron chi connectivity index (χ3n) is 4.39. The van der Waals surface area contributed by atoms with Crippen molar-refractivity contribution in [1.82, 2.24) is 0 Å². The molecule has 0 N–H and O–H groups in total. The zero-order chi connectivity index (χ0) is 17.6. The number of benzene rings is 2. The van der Waals surface area contributed by atoms with Crippen LogP contribution in [0.15, 0.2) is 35.6 Å². The zero-order valence-electron chi connectivity index (χ0n) is 15.2. The molecule has 3 heteroatoms. The minimum atomic E-state index is 0.657. The molecule has 24 heavy (non-hydrogen) atoms. The van der Waals surface area contributed by atoms with Gasteiger partial charge in [0.15, 0.2) is 0 Å². The van der Waals surface area contributed by atoms with E-state index in [1.165, 1.54) is 33.4 Å². The Morgan fingerprint density at radius 2 is 1.12 bits per heavy atom. The van der Waals surface area contributed by atoms with E-state index in [-0.39, 0.29) is 0 Å². The van der Waals surface area contributed by atoms with Gasteiger partial charge in [-0.25, -0.2) is 0 Å². The molecule has 124 valence electrons. The molecule has 1 aliphatic heterocycles. The molecule has 3 rings (SSSR count). The molecule has 0 aliphatic carbocycles. The summed E-state index contributed by atoms with van der Waals surface area (Å²) in [4.78, 5) is 3.95. The van der Waals surface area contributed by atoms with Gasteiger partial charge in [0.05, 0.1) is 5.69 Å². The van der Waals surface area contributed by atoms with E-state index in [1.807, 2.05) is 16.0 Å². The minimum Gasteiger partial charge on any atom is -0.313 e. The smallest absolute Gasteiger partial charge is 0.219 e. The van der Waals surface area contributed by atoms with Crippen molar-refractivity contribution in [3.05, 3.63) is 75.7 Å². The van der Waals surface area contributed by atoms with Crippen molar-refractivity contribution in [3.8, 4) is 0 Å². The number of nitrogens with zero attached hydrogens (tertiary/aromatic N) is 2. The van der Waals surface area contributed by atoms with Crippen LogP contribution in [-0.2, 0) is 0 Å². The number of aryl methyl sites for hydroxylation is 6. The van der Waals surface area contributed by atoms with Gasteiger partial charge in [0.25, 0.3) is 0 Å². The van der Waals surface area contributed by atoms with E-state index in [0.29, 0.717) is 5.16 Å². The van der Waals surface area contributed by atoms with E-state index in [0.717, 1.165) is 11.4 Å². The third kappa shape index (κ3) is 2.91. The summed E-state index contributed by atoms with van der Waals surface area (Å²) >= 11 is 6.56. The van der Waals surface area contributed by atoms with Crippen LogP contribution in [0.5, 0.6) is 0 Å². The van der Waals surface area contributed by atoms with E-state index in [4.69, 9.17) is 11.6 Å². The molecule has 0 amide bonds. The summed E-state index contributed by atoms with van der Waals surface area (Å²) in [6, 6.07) is 8.74. The second-order valence-electron chi connectivity index (χ2n) is 6.75. The van der Waals surface area contributed by atoms with E-state index in [1.54, 1.807) is 0 Å². The molecule has 0 saturated carbocycles. The molecule has 2 radical (unpaired) electrons. The van der Waals surface area contributed by atoms with Gasteiger partial charge in [0, 0.05) is 11.9 Å². The molecule has 2 aromatic carbocycles. The molecule has 0 atom stereocenters. The van der Waals surface area contributed by atoms with Crippen LogP contribution in [-0.4, -0.2) is 0 Å². The van der Waals surface area contributed by atoms with Crippen molar-refractivity contribution in [3.63, 3.8) is 0 Å². The van der Waals surface area contributed by atoms with Crippen molar-refractivity contribution in [2.75, 3.05) is 9.80 Å². The predicted octanol–water partition coefficient (Wildman–Crippen LogP) is 5.90. The third-order valence-corrected chi connectivity index (χ3v) is 4.66. The van der Waals surface area contributed by atoms with Crippen LogP contribution in [0.2, 0.25) is 0 Å². The molecular formula is C21H23ClN2. The number of anilines is 2. The summed E-state index contributed by atoms with van der Waals surface area (Å²) in [5.41, 5.74) is 9.62. The first-order valence-corrected chi connectivity index (χ1v) is 8.54. The van der Waals surface area contributed by atoms with E-state index < -0.39 is 0 Å². The standard InChI is InChI=1S/C21H23ClN2/c1-13-7-15(3)20(16(4)8-13)23-11-19(22)24(12-23)21-17(5)9-14(2)10-18(21)6/h7-11H,1-6H3. The van der Waals surface area contributed by atoms with Crippen molar-refractivity contribution in [2.24, 2.45) is 0 Å². The SMILES string of the molecule is Cc1cc(C)c(N2[C]N(c3c(C)cc(C)cc3C)C(Cl)=C2)c(C)c1. The molecule has 2 aromatic rings. The first kappa shape index (κ1) is 16.9. The molecule has 2 nitrogen and oxygen atoms in total. The van der Waals surface area contributed by atoms with Crippen LogP contribution in [0.3, 0.4) is 0 Å².